The number of benzene rings is 1. The molecule has 1 atom stereocenters. The number of hydrogen-bond acceptors (Lipinski definition) is 3. The Balaban J connectivity index is 2.68. The summed E-state index contributed by atoms with van der Waals surface area (Å²) in [5, 5.41) is 8.77. The van der Waals surface area contributed by atoms with Crippen LogP contribution in [-0.4, -0.2) is 12.1 Å². The summed E-state index contributed by atoms with van der Waals surface area (Å²) in [4.78, 5) is 0. The average molecular weight is 232 g/mol. The fourth-order valence-corrected chi connectivity index (χ4v) is 1.32. The van der Waals surface area contributed by atoms with Gasteiger partial charge in [0, 0.05) is 0 Å². The molecular weight excluding hydrogens is 212 g/mol. The van der Waals surface area contributed by atoms with Crippen LogP contribution >= 0.6 is 0 Å². The van der Waals surface area contributed by atoms with E-state index in [9.17, 15) is 0 Å². The van der Waals surface area contributed by atoms with E-state index >= 15 is 0 Å². The SMILES string of the molecule is CC(N)(C#N)COc1ccc(C(C)(C)C)cc1. The van der Waals surface area contributed by atoms with Crippen LogP contribution in [0.25, 0.3) is 0 Å². The number of ether oxygens (including phenoxy) is 1. The number of nitrogens with zero attached hydrogens (tertiary/aromatic N) is 1. The monoisotopic (exact) mass is 232 g/mol. The summed E-state index contributed by atoms with van der Waals surface area (Å²) in [7, 11) is 0. The Hall–Kier alpha value is -1.53. The van der Waals surface area contributed by atoms with Gasteiger partial charge in [-0.2, -0.15) is 5.26 Å². The van der Waals surface area contributed by atoms with E-state index < -0.39 is 5.54 Å². The fourth-order valence-electron chi connectivity index (χ4n) is 1.32. The molecule has 3 nitrogen and oxygen atoms in total. The van der Waals surface area contributed by atoms with E-state index in [-0.39, 0.29) is 12.0 Å². The highest BCUT2D eigenvalue weighted by Crippen LogP contribution is 2.24. The zero-order valence-corrected chi connectivity index (χ0v) is 10.9. The van der Waals surface area contributed by atoms with Gasteiger partial charge in [0.05, 0.1) is 6.07 Å². The molecule has 3 heteroatoms. The van der Waals surface area contributed by atoms with Crippen molar-refractivity contribution in [3.05, 3.63) is 29.8 Å². The van der Waals surface area contributed by atoms with Gasteiger partial charge < -0.3 is 10.5 Å². The van der Waals surface area contributed by atoms with Crippen LogP contribution in [0.1, 0.15) is 33.3 Å². The van der Waals surface area contributed by atoms with Gasteiger partial charge in [0.15, 0.2) is 0 Å². The van der Waals surface area contributed by atoms with E-state index in [0.29, 0.717) is 0 Å². The van der Waals surface area contributed by atoms with Crippen LogP contribution in [0.5, 0.6) is 5.75 Å². The molecule has 1 unspecified atom stereocenters. The van der Waals surface area contributed by atoms with Crippen molar-refractivity contribution in [2.24, 2.45) is 5.73 Å². The minimum absolute atomic E-state index is 0.133. The molecule has 1 rings (SSSR count). The van der Waals surface area contributed by atoms with E-state index in [1.165, 1.54) is 5.56 Å². The third-order valence-corrected chi connectivity index (χ3v) is 2.51. The highest BCUT2D eigenvalue weighted by atomic mass is 16.5. The van der Waals surface area contributed by atoms with E-state index in [2.05, 4.69) is 20.8 Å². The Kier molecular flexibility index (Phi) is 3.79. The van der Waals surface area contributed by atoms with E-state index in [1.807, 2.05) is 30.3 Å². The first kappa shape index (κ1) is 13.5. The van der Waals surface area contributed by atoms with Crippen LogP contribution < -0.4 is 10.5 Å². The first-order chi connectivity index (χ1) is 7.74. The summed E-state index contributed by atoms with van der Waals surface area (Å²) in [6.07, 6.45) is 0. The molecule has 1 aromatic rings. The molecular formula is C14H20N2O. The molecule has 0 aliphatic heterocycles. The Labute approximate surface area is 103 Å². The minimum Gasteiger partial charge on any atom is -0.491 e. The quantitative estimate of drug-likeness (QED) is 0.871. The van der Waals surface area contributed by atoms with Crippen molar-refractivity contribution < 1.29 is 4.74 Å². The van der Waals surface area contributed by atoms with Gasteiger partial charge >= 0.3 is 0 Å². The summed E-state index contributed by atoms with van der Waals surface area (Å²) in [5.74, 6) is 0.741. The van der Waals surface area contributed by atoms with E-state index in [0.717, 1.165) is 5.75 Å². The lowest BCUT2D eigenvalue weighted by molar-refractivity contribution is 0.264. The third-order valence-electron chi connectivity index (χ3n) is 2.51. The number of rotatable bonds is 3. The molecule has 0 fully saturated rings. The van der Waals surface area contributed by atoms with Crippen LogP contribution in [0, 0.1) is 11.3 Å². The van der Waals surface area contributed by atoms with Crippen molar-refractivity contribution in [3.8, 4) is 11.8 Å². The number of nitrogens with two attached hydrogens (primary N) is 1. The molecule has 2 N–H and O–H groups in total. The number of nitriles is 1. The van der Waals surface area contributed by atoms with Crippen LogP contribution in [-0.2, 0) is 5.41 Å². The summed E-state index contributed by atoms with van der Waals surface area (Å²) in [6.45, 7) is 8.33. The lowest BCUT2D eigenvalue weighted by Crippen LogP contribution is -2.40. The molecule has 0 aromatic heterocycles. The smallest absolute Gasteiger partial charge is 0.135 e. The van der Waals surface area contributed by atoms with E-state index in [4.69, 9.17) is 15.7 Å². The largest absolute Gasteiger partial charge is 0.491 e. The first-order valence-corrected chi connectivity index (χ1v) is 5.68. The first-order valence-electron chi connectivity index (χ1n) is 5.68. The standard InChI is InChI=1S/C14H20N2O/c1-13(2,3)11-5-7-12(8-6-11)17-10-14(4,16)9-15/h5-8H,10,16H2,1-4H3. The topological polar surface area (TPSA) is 59.0 Å². The second-order valence-corrected chi connectivity index (χ2v) is 5.59. The van der Waals surface area contributed by atoms with Gasteiger partial charge in [0.25, 0.3) is 0 Å². The van der Waals surface area contributed by atoms with Crippen LogP contribution in [0.4, 0.5) is 0 Å². The summed E-state index contributed by atoms with van der Waals surface area (Å²) < 4.78 is 5.48. The third kappa shape index (κ3) is 4.08. The molecule has 0 spiro atoms. The summed E-state index contributed by atoms with van der Waals surface area (Å²) in [6, 6.07) is 9.90. The predicted octanol–water partition coefficient (Wildman–Crippen LogP) is 2.60. The van der Waals surface area contributed by atoms with Gasteiger partial charge in [-0.1, -0.05) is 32.9 Å². The minimum atomic E-state index is -0.942. The highest BCUT2D eigenvalue weighted by molar-refractivity contribution is 5.31. The van der Waals surface area contributed by atoms with Crippen molar-refractivity contribution in [3.63, 3.8) is 0 Å². The molecule has 17 heavy (non-hydrogen) atoms. The molecule has 0 aliphatic rings. The molecule has 0 amide bonds. The van der Waals surface area contributed by atoms with Crippen molar-refractivity contribution in [1.82, 2.24) is 0 Å². The van der Waals surface area contributed by atoms with Crippen molar-refractivity contribution in [2.75, 3.05) is 6.61 Å². The normalized spacial score (nSPS) is 14.8. The van der Waals surface area contributed by atoms with Gasteiger partial charge in [-0.25, -0.2) is 0 Å². The molecule has 0 radical (unpaired) electrons. The van der Waals surface area contributed by atoms with Crippen LogP contribution in [0.2, 0.25) is 0 Å². The molecule has 0 saturated heterocycles. The number of hydrogen-bond donors (Lipinski definition) is 1. The highest BCUT2D eigenvalue weighted by Gasteiger charge is 2.18. The molecule has 92 valence electrons. The molecule has 0 saturated carbocycles. The second kappa shape index (κ2) is 4.77. The Morgan fingerprint density at radius 1 is 1.18 bits per heavy atom. The maximum absolute atomic E-state index is 8.77. The summed E-state index contributed by atoms with van der Waals surface area (Å²) >= 11 is 0. The van der Waals surface area contributed by atoms with Crippen LogP contribution in [0.15, 0.2) is 24.3 Å². The molecule has 0 aliphatic carbocycles. The maximum Gasteiger partial charge on any atom is 0.135 e. The van der Waals surface area contributed by atoms with Crippen LogP contribution in [0.3, 0.4) is 0 Å². The Bertz CT molecular complexity index is 407. The van der Waals surface area contributed by atoms with Gasteiger partial charge in [-0.3, -0.25) is 0 Å². The average Bonchev–Trinajstić information content (AvgIpc) is 2.26. The second-order valence-electron chi connectivity index (χ2n) is 5.59. The summed E-state index contributed by atoms with van der Waals surface area (Å²) in [5.41, 5.74) is 6.12. The Morgan fingerprint density at radius 2 is 1.71 bits per heavy atom. The lowest BCUT2D eigenvalue weighted by Gasteiger charge is -2.20. The van der Waals surface area contributed by atoms with Gasteiger partial charge in [0.2, 0.25) is 0 Å². The van der Waals surface area contributed by atoms with Crippen molar-refractivity contribution in [2.45, 2.75) is 38.6 Å². The van der Waals surface area contributed by atoms with Gasteiger partial charge in [-0.05, 0) is 30.0 Å². The molecule has 0 heterocycles. The Morgan fingerprint density at radius 3 is 2.12 bits per heavy atom. The van der Waals surface area contributed by atoms with Crippen molar-refractivity contribution in [1.29, 1.82) is 5.26 Å². The maximum atomic E-state index is 8.77. The zero-order chi connectivity index (χ0) is 13.1. The fraction of sp³-hybridized carbons (Fsp3) is 0.500. The predicted molar refractivity (Wildman–Crippen MR) is 68.8 cm³/mol. The van der Waals surface area contributed by atoms with Gasteiger partial charge in [0.1, 0.15) is 17.9 Å². The molecule has 0 bridgehead atoms. The molecule has 1 aromatic carbocycles. The van der Waals surface area contributed by atoms with Gasteiger partial charge in [-0.15, -0.1) is 0 Å². The van der Waals surface area contributed by atoms with E-state index in [1.54, 1.807) is 6.92 Å². The lowest BCUT2D eigenvalue weighted by atomic mass is 9.87. The zero-order valence-electron chi connectivity index (χ0n) is 10.9. The van der Waals surface area contributed by atoms with Crippen molar-refractivity contribution >= 4 is 0 Å².